The number of carbonyl (C=O) groups is 1. The maximum absolute atomic E-state index is 12.8. The van der Waals surface area contributed by atoms with Crippen molar-refractivity contribution in [3.05, 3.63) is 35.4 Å². The van der Waals surface area contributed by atoms with E-state index in [1.807, 2.05) is 0 Å². The van der Waals surface area contributed by atoms with Crippen molar-refractivity contribution in [2.24, 2.45) is 5.92 Å². The molecule has 4 nitrogen and oxygen atoms in total. The number of amides is 1. The predicted molar refractivity (Wildman–Crippen MR) is 79.7 cm³/mol. The predicted octanol–water partition coefficient (Wildman–Crippen LogP) is 1.99. The number of ether oxygens (including phenoxy) is 1. The lowest BCUT2D eigenvalue weighted by atomic mass is 10.1. The molecule has 2 heterocycles. The number of carbonyl (C=O) groups excluding carboxylic acids is 1. The van der Waals surface area contributed by atoms with Crippen LogP contribution in [0.4, 0.5) is 0 Å². The molecular formula is C17H22N2O2. The first kappa shape index (κ1) is 13.3. The molecular weight excluding hydrogens is 264 g/mol. The Hall–Kier alpha value is -1.39. The Morgan fingerprint density at radius 3 is 2.71 bits per heavy atom. The summed E-state index contributed by atoms with van der Waals surface area (Å²) in [7, 11) is 0. The molecule has 3 aliphatic rings. The van der Waals surface area contributed by atoms with Crippen LogP contribution in [0.2, 0.25) is 0 Å². The molecule has 1 amide bonds. The average Bonchev–Trinajstić information content (AvgIpc) is 2.99. The summed E-state index contributed by atoms with van der Waals surface area (Å²) in [6, 6.07) is 8.52. The molecule has 1 aromatic carbocycles. The number of nitrogens with zero attached hydrogens (tertiary/aromatic N) is 1. The van der Waals surface area contributed by atoms with Gasteiger partial charge in [-0.3, -0.25) is 10.1 Å². The first-order valence-corrected chi connectivity index (χ1v) is 7.91. The second-order valence-corrected chi connectivity index (χ2v) is 6.73. The lowest BCUT2D eigenvalue weighted by Gasteiger charge is -2.27. The maximum atomic E-state index is 12.8. The first-order valence-electron chi connectivity index (χ1n) is 7.91. The van der Waals surface area contributed by atoms with Gasteiger partial charge in [-0.2, -0.15) is 0 Å². The number of nitrogens with one attached hydrogen (secondary N) is 1. The molecule has 2 unspecified atom stereocenters. The summed E-state index contributed by atoms with van der Waals surface area (Å²) >= 11 is 0. The minimum atomic E-state index is -0.255. The van der Waals surface area contributed by atoms with E-state index < -0.39 is 0 Å². The highest BCUT2D eigenvalue weighted by Crippen LogP contribution is 2.46. The van der Waals surface area contributed by atoms with Crippen molar-refractivity contribution in [2.75, 3.05) is 19.8 Å². The fraction of sp³-hybridized carbons (Fsp3) is 0.588. The Labute approximate surface area is 125 Å². The van der Waals surface area contributed by atoms with Crippen LogP contribution in [0.3, 0.4) is 0 Å². The van der Waals surface area contributed by atoms with Gasteiger partial charge in [-0.1, -0.05) is 29.8 Å². The van der Waals surface area contributed by atoms with Gasteiger partial charge >= 0.3 is 0 Å². The van der Waals surface area contributed by atoms with Gasteiger partial charge in [0.25, 0.3) is 0 Å². The zero-order chi connectivity index (χ0) is 14.4. The molecule has 2 saturated heterocycles. The molecule has 1 spiro atoms. The molecule has 1 aromatic rings. The molecule has 4 rings (SSSR count). The monoisotopic (exact) mass is 286 g/mol. The Balaban J connectivity index is 1.60. The van der Waals surface area contributed by atoms with Crippen molar-refractivity contribution >= 4 is 5.91 Å². The van der Waals surface area contributed by atoms with Crippen LogP contribution >= 0.6 is 0 Å². The highest BCUT2D eigenvalue weighted by atomic mass is 16.5. The Kier molecular flexibility index (Phi) is 3.05. The molecule has 1 saturated carbocycles. The van der Waals surface area contributed by atoms with Gasteiger partial charge in [-0.25, -0.2) is 0 Å². The van der Waals surface area contributed by atoms with E-state index in [-0.39, 0.29) is 11.7 Å². The maximum Gasteiger partial charge on any atom is 0.244 e. The Bertz CT molecular complexity index is 544. The lowest BCUT2D eigenvalue weighted by Crippen LogP contribution is -2.36. The van der Waals surface area contributed by atoms with Crippen LogP contribution in [0.15, 0.2) is 24.3 Å². The van der Waals surface area contributed by atoms with E-state index in [2.05, 4.69) is 41.4 Å². The second kappa shape index (κ2) is 4.82. The number of hydrogen-bond acceptors (Lipinski definition) is 3. The smallest absolute Gasteiger partial charge is 0.244 e. The molecule has 2 atom stereocenters. The van der Waals surface area contributed by atoms with E-state index in [9.17, 15) is 4.79 Å². The third kappa shape index (κ3) is 2.27. The van der Waals surface area contributed by atoms with Crippen LogP contribution in [0.5, 0.6) is 0 Å². The second-order valence-electron chi connectivity index (χ2n) is 6.73. The van der Waals surface area contributed by atoms with Gasteiger partial charge in [-0.15, -0.1) is 0 Å². The molecule has 4 heteroatoms. The van der Waals surface area contributed by atoms with Crippen molar-refractivity contribution in [3.8, 4) is 0 Å². The van der Waals surface area contributed by atoms with Gasteiger partial charge < -0.3 is 9.64 Å². The summed E-state index contributed by atoms with van der Waals surface area (Å²) in [4.78, 5) is 14.8. The van der Waals surface area contributed by atoms with Crippen LogP contribution in [-0.4, -0.2) is 36.1 Å². The van der Waals surface area contributed by atoms with Gasteiger partial charge in [0, 0.05) is 19.1 Å². The summed E-state index contributed by atoms with van der Waals surface area (Å²) in [5.74, 6) is 0.776. The number of hydrogen-bond donors (Lipinski definition) is 1. The molecule has 0 radical (unpaired) electrons. The molecule has 21 heavy (non-hydrogen) atoms. The van der Waals surface area contributed by atoms with Gasteiger partial charge in [0.05, 0.1) is 6.61 Å². The van der Waals surface area contributed by atoms with Gasteiger partial charge in [0.1, 0.15) is 11.7 Å². The SMILES string of the molecule is Cc1ccc(C2NC3(CC3)C(=O)N2CC2CCOC2)cc1. The fourth-order valence-corrected chi connectivity index (χ4v) is 3.48. The average molecular weight is 286 g/mol. The molecule has 112 valence electrons. The third-order valence-corrected chi connectivity index (χ3v) is 5.02. The number of aryl methyl sites for hydroxylation is 1. The van der Waals surface area contributed by atoms with Gasteiger partial charge in [-0.05, 0) is 31.7 Å². The summed E-state index contributed by atoms with van der Waals surface area (Å²) in [6.07, 6.45) is 3.05. The first-order chi connectivity index (χ1) is 10.2. The Morgan fingerprint density at radius 1 is 1.33 bits per heavy atom. The topological polar surface area (TPSA) is 41.6 Å². The quantitative estimate of drug-likeness (QED) is 0.924. The van der Waals surface area contributed by atoms with Crippen molar-refractivity contribution in [1.29, 1.82) is 0 Å². The zero-order valence-corrected chi connectivity index (χ0v) is 12.5. The molecule has 1 N–H and O–H groups in total. The third-order valence-electron chi connectivity index (χ3n) is 5.02. The van der Waals surface area contributed by atoms with Gasteiger partial charge in [0.15, 0.2) is 0 Å². The van der Waals surface area contributed by atoms with Crippen LogP contribution in [-0.2, 0) is 9.53 Å². The van der Waals surface area contributed by atoms with Crippen LogP contribution in [0, 0.1) is 12.8 Å². The van der Waals surface area contributed by atoms with E-state index in [1.165, 1.54) is 11.1 Å². The van der Waals surface area contributed by atoms with Crippen molar-refractivity contribution in [2.45, 2.75) is 37.9 Å². The molecule has 2 aliphatic heterocycles. The van der Waals surface area contributed by atoms with E-state index in [4.69, 9.17) is 4.74 Å². The van der Waals surface area contributed by atoms with E-state index >= 15 is 0 Å². The largest absolute Gasteiger partial charge is 0.381 e. The highest BCUT2D eigenvalue weighted by molar-refractivity contribution is 5.92. The summed E-state index contributed by atoms with van der Waals surface area (Å²) in [5, 5.41) is 3.59. The fourth-order valence-electron chi connectivity index (χ4n) is 3.48. The van der Waals surface area contributed by atoms with E-state index in [0.717, 1.165) is 39.0 Å². The zero-order valence-electron chi connectivity index (χ0n) is 12.5. The number of benzene rings is 1. The summed E-state index contributed by atoms with van der Waals surface area (Å²) in [6.45, 7) is 4.52. The van der Waals surface area contributed by atoms with E-state index in [1.54, 1.807) is 0 Å². The molecule has 0 bridgehead atoms. The minimum absolute atomic E-state index is 0.0289. The minimum Gasteiger partial charge on any atom is -0.381 e. The molecule has 1 aliphatic carbocycles. The van der Waals surface area contributed by atoms with Crippen molar-refractivity contribution < 1.29 is 9.53 Å². The van der Waals surface area contributed by atoms with Crippen molar-refractivity contribution in [1.82, 2.24) is 10.2 Å². The van der Waals surface area contributed by atoms with Crippen LogP contribution in [0.25, 0.3) is 0 Å². The van der Waals surface area contributed by atoms with Crippen molar-refractivity contribution in [3.63, 3.8) is 0 Å². The van der Waals surface area contributed by atoms with Crippen LogP contribution < -0.4 is 5.32 Å². The lowest BCUT2D eigenvalue weighted by molar-refractivity contribution is -0.131. The van der Waals surface area contributed by atoms with Gasteiger partial charge in [0.2, 0.25) is 5.91 Å². The summed E-state index contributed by atoms with van der Waals surface area (Å²) in [5.41, 5.74) is 2.19. The standard InChI is InChI=1S/C17H22N2O2/c1-12-2-4-14(5-3-12)15-18-17(7-8-17)16(20)19(15)10-13-6-9-21-11-13/h2-5,13,15,18H,6-11H2,1H3. The summed E-state index contributed by atoms with van der Waals surface area (Å²) < 4.78 is 5.47. The normalized spacial score (nSPS) is 30.3. The Morgan fingerprint density at radius 2 is 2.10 bits per heavy atom. The molecule has 0 aromatic heterocycles. The molecule has 3 fully saturated rings. The number of rotatable bonds is 3. The van der Waals surface area contributed by atoms with Crippen LogP contribution in [0.1, 0.15) is 36.6 Å². The highest BCUT2D eigenvalue weighted by Gasteiger charge is 2.59. The van der Waals surface area contributed by atoms with E-state index in [0.29, 0.717) is 11.8 Å².